The highest BCUT2D eigenvalue weighted by atomic mass is 35.5. The molecule has 0 spiro atoms. The van der Waals surface area contributed by atoms with Crippen molar-refractivity contribution in [2.45, 2.75) is 12.1 Å². The van der Waals surface area contributed by atoms with Crippen LogP contribution in [0.1, 0.15) is 6.92 Å². The number of para-hydroxylation sites is 2. The van der Waals surface area contributed by atoms with Crippen molar-refractivity contribution in [3.8, 4) is 17.1 Å². The summed E-state index contributed by atoms with van der Waals surface area (Å²) in [6, 6.07) is 21.8. The second-order valence-electron chi connectivity index (χ2n) is 6.77. The van der Waals surface area contributed by atoms with Gasteiger partial charge < -0.3 is 0 Å². The Hall–Kier alpha value is -2.84. The molecule has 4 rings (SSSR count). The number of hydrogen-bond acceptors (Lipinski definition) is 6. The first-order chi connectivity index (χ1) is 15.9. The monoisotopic (exact) mass is 515 g/mol. The molecule has 0 aliphatic rings. The van der Waals surface area contributed by atoms with Gasteiger partial charge in [-0.2, -0.15) is 5.10 Å². The normalized spacial score (nSPS) is 11.5. The topological polar surface area (TPSA) is 72.2 Å². The minimum atomic E-state index is -0.242. The Morgan fingerprint density at radius 1 is 0.939 bits per heavy atom. The Bertz CT molecular complexity index is 1340. The lowest BCUT2D eigenvalue weighted by Gasteiger charge is -2.11. The summed E-state index contributed by atoms with van der Waals surface area (Å²) in [6.45, 7) is 1.43. The highest BCUT2D eigenvalue weighted by Gasteiger charge is 2.21. The molecule has 0 fully saturated rings. The number of nitrogens with zero attached hydrogens (tertiary/aromatic N) is 4. The van der Waals surface area contributed by atoms with Gasteiger partial charge in [-0.25, -0.2) is 0 Å². The molecule has 33 heavy (non-hydrogen) atoms. The van der Waals surface area contributed by atoms with E-state index < -0.39 is 0 Å². The smallest absolute Gasteiger partial charge is 0.202 e. The first kappa shape index (κ1) is 23.3. The maximum absolute atomic E-state index is 12.4. The molecule has 0 unspecified atom stereocenters. The van der Waals surface area contributed by atoms with Crippen LogP contribution in [0.4, 0.5) is 5.69 Å². The van der Waals surface area contributed by atoms with Gasteiger partial charge in [-0.1, -0.05) is 65.1 Å². The third kappa shape index (κ3) is 5.39. The average molecular weight is 517 g/mol. The molecule has 0 bridgehead atoms. The highest BCUT2D eigenvalue weighted by Crippen LogP contribution is 2.34. The van der Waals surface area contributed by atoms with Crippen LogP contribution in [0.3, 0.4) is 0 Å². The minimum Gasteiger partial charge on any atom is -0.292 e. The SMILES string of the molecule is CC(=O)/C(=N\Nc1ccccc1Cl)Sc1nnc(-c2ccc(Cl)cc2Cl)n1-c1ccccc1. The van der Waals surface area contributed by atoms with E-state index in [2.05, 4.69) is 20.7 Å². The van der Waals surface area contributed by atoms with Crippen LogP contribution in [-0.2, 0) is 4.79 Å². The Morgan fingerprint density at radius 2 is 1.67 bits per heavy atom. The van der Waals surface area contributed by atoms with Gasteiger partial charge >= 0.3 is 0 Å². The minimum absolute atomic E-state index is 0.188. The number of ketones is 1. The Morgan fingerprint density at radius 3 is 2.36 bits per heavy atom. The number of nitrogens with one attached hydrogen (secondary N) is 1. The maximum Gasteiger partial charge on any atom is 0.202 e. The molecule has 0 amide bonds. The number of benzene rings is 3. The van der Waals surface area contributed by atoms with E-state index in [4.69, 9.17) is 34.8 Å². The number of anilines is 1. The van der Waals surface area contributed by atoms with Gasteiger partial charge in [0.05, 0.1) is 15.7 Å². The number of thioether (sulfide) groups is 1. The van der Waals surface area contributed by atoms with Crippen LogP contribution in [-0.4, -0.2) is 25.6 Å². The molecule has 0 saturated heterocycles. The number of rotatable bonds is 6. The van der Waals surface area contributed by atoms with Crippen molar-refractivity contribution in [1.82, 2.24) is 14.8 Å². The van der Waals surface area contributed by atoms with Crippen LogP contribution in [0.2, 0.25) is 15.1 Å². The van der Waals surface area contributed by atoms with E-state index in [0.717, 1.165) is 17.4 Å². The van der Waals surface area contributed by atoms with E-state index in [-0.39, 0.29) is 10.8 Å². The average Bonchev–Trinajstić information content (AvgIpc) is 3.21. The number of carbonyl (C=O) groups excluding carboxylic acids is 1. The molecule has 0 aliphatic carbocycles. The molecule has 0 aliphatic heterocycles. The molecule has 0 radical (unpaired) electrons. The zero-order valence-corrected chi connectivity index (χ0v) is 20.3. The molecule has 166 valence electrons. The lowest BCUT2D eigenvalue weighted by molar-refractivity contribution is -0.110. The van der Waals surface area contributed by atoms with Crippen molar-refractivity contribution in [1.29, 1.82) is 0 Å². The highest BCUT2D eigenvalue weighted by molar-refractivity contribution is 8.15. The first-order valence-electron chi connectivity index (χ1n) is 9.67. The number of Topliss-reactive ketones (excluding diaryl/α,β-unsaturated/α-hetero) is 1. The predicted octanol–water partition coefficient (Wildman–Crippen LogP) is 7.00. The third-order valence-electron chi connectivity index (χ3n) is 4.46. The van der Waals surface area contributed by atoms with E-state index in [1.165, 1.54) is 6.92 Å². The molecule has 3 aromatic carbocycles. The third-order valence-corrected chi connectivity index (χ3v) is 6.36. The van der Waals surface area contributed by atoms with Gasteiger partial charge in [0.2, 0.25) is 5.16 Å². The van der Waals surface area contributed by atoms with Crippen molar-refractivity contribution < 1.29 is 4.79 Å². The molecule has 1 aromatic heterocycles. The summed E-state index contributed by atoms with van der Waals surface area (Å²) in [5.41, 5.74) is 4.88. The summed E-state index contributed by atoms with van der Waals surface area (Å²) in [6.07, 6.45) is 0. The van der Waals surface area contributed by atoms with Crippen LogP contribution in [0.25, 0.3) is 17.1 Å². The Balaban J connectivity index is 1.77. The molecule has 10 heteroatoms. The predicted molar refractivity (Wildman–Crippen MR) is 136 cm³/mol. The molecular weight excluding hydrogens is 501 g/mol. The largest absolute Gasteiger partial charge is 0.292 e. The zero-order valence-electron chi connectivity index (χ0n) is 17.2. The van der Waals surface area contributed by atoms with Crippen LogP contribution in [0.15, 0.2) is 83.1 Å². The first-order valence-corrected chi connectivity index (χ1v) is 11.6. The van der Waals surface area contributed by atoms with E-state index in [1.807, 2.05) is 47.0 Å². The fourth-order valence-electron chi connectivity index (χ4n) is 2.91. The molecule has 1 heterocycles. The van der Waals surface area contributed by atoms with Crippen LogP contribution in [0, 0.1) is 0 Å². The molecule has 6 nitrogen and oxygen atoms in total. The molecular formula is C23H16Cl3N5OS. The van der Waals surface area contributed by atoms with Gasteiger partial charge in [-0.15, -0.1) is 10.2 Å². The quantitative estimate of drug-likeness (QED) is 0.129. The van der Waals surface area contributed by atoms with Crippen molar-refractivity contribution in [2.75, 3.05) is 5.43 Å². The second-order valence-corrected chi connectivity index (χ2v) is 8.97. The molecule has 1 N–H and O–H groups in total. The van der Waals surface area contributed by atoms with Gasteiger partial charge in [0.25, 0.3) is 0 Å². The van der Waals surface area contributed by atoms with E-state index >= 15 is 0 Å². The lowest BCUT2D eigenvalue weighted by atomic mass is 10.2. The lowest BCUT2D eigenvalue weighted by Crippen LogP contribution is -2.10. The van der Waals surface area contributed by atoms with Gasteiger partial charge in [-0.05, 0) is 54.2 Å². The number of aromatic nitrogens is 3. The van der Waals surface area contributed by atoms with Crippen molar-refractivity contribution in [3.05, 3.63) is 87.9 Å². The van der Waals surface area contributed by atoms with Gasteiger partial charge in [0.15, 0.2) is 16.7 Å². The van der Waals surface area contributed by atoms with Crippen LogP contribution < -0.4 is 5.43 Å². The summed E-state index contributed by atoms with van der Waals surface area (Å²) >= 11 is 19.8. The maximum atomic E-state index is 12.4. The number of carbonyl (C=O) groups is 1. The number of hydrogen-bond donors (Lipinski definition) is 1. The fraction of sp³-hybridized carbons (Fsp3) is 0.0435. The molecule has 4 aromatic rings. The van der Waals surface area contributed by atoms with Crippen molar-refractivity contribution in [2.24, 2.45) is 5.10 Å². The summed E-state index contributed by atoms with van der Waals surface area (Å²) in [4.78, 5) is 12.4. The van der Waals surface area contributed by atoms with E-state index in [0.29, 0.717) is 37.3 Å². The summed E-state index contributed by atoms with van der Waals surface area (Å²) in [5, 5.41) is 15.0. The molecule has 0 atom stereocenters. The van der Waals surface area contributed by atoms with E-state index in [9.17, 15) is 4.79 Å². The summed E-state index contributed by atoms with van der Waals surface area (Å²) in [5.74, 6) is 0.264. The van der Waals surface area contributed by atoms with Crippen molar-refractivity contribution >= 4 is 63.1 Å². The second kappa shape index (κ2) is 10.4. The Kier molecular flexibility index (Phi) is 7.35. The number of halogens is 3. The van der Waals surface area contributed by atoms with Crippen LogP contribution >= 0.6 is 46.6 Å². The fourth-order valence-corrected chi connectivity index (χ4v) is 4.36. The molecule has 0 saturated carbocycles. The number of hydrazone groups is 1. The van der Waals surface area contributed by atoms with Crippen molar-refractivity contribution in [3.63, 3.8) is 0 Å². The van der Waals surface area contributed by atoms with Crippen LogP contribution in [0.5, 0.6) is 0 Å². The standard InChI is InChI=1S/C23H16Cl3N5OS/c1-14(32)22(29-27-20-10-6-5-9-18(20)25)33-23-30-28-21(17-12-11-15(24)13-19(17)26)31(23)16-7-3-2-4-8-16/h2-13,27H,1H3/b29-22+. The summed E-state index contributed by atoms with van der Waals surface area (Å²) < 4.78 is 1.81. The van der Waals surface area contributed by atoms with Gasteiger partial charge in [0.1, 0.15) is 0 Å². The summed E-state index contributed by atoms with van der Waals surface area (Å²) in [7, 11) is 0. The van der Waals surface area contributed by atoms with E-state index in [1.54, 1.807) is 30.3 Å². The van der Waals surface area contributed by atoms with Gasteiger partial charge in [0, 0.05) is 23.2 Å². The zero-order chi connectivity index (χ0) is 23.4. The Labute approximate surface area is 209 Å². The van der Waals surface area contributed by atoms with Gasteiger partial charge in [-0.3, -0.25) is 14.8 Å².